The smallest absolute Gasteiger partial charge is 0.161 e. The van der Waals surface area contributed by atoms with Gasteiger partial charge < -0.3 is 10.3 Å². The minimum absolute atomic E-state index is 0.368. The summed E-state index contributed by atoms with van der Waals surface area (Å²) in [5.74, 6) is 1.68. The molecule has 0 saturated heterocycles. The van der Waals surface area contributed by atoms with E-state index in [4.69, 9.17) is 5.73 Å². The first-order valence-electron chi connectivity index (χ1n) is 7.04. The molecule has 0 aromatic carbocycles. The lowest BCUT2D eigenvalue weighted by Crippen LogP contribution is -2.27. The van der Waals surface area contributed by atoms with Gasteiger partial charge in [-0.2, -0.15) is 5.26 Å². The van der Waals surface area contributed by atoms with Crippen LogP contribution in [0.5, 0.6) is 0 Å². The molecule has 0 radical (unpaired) electrons. The Morgan fingerprint density at radius 1 is 1.22 bits per heavy atom. The molecule has 0 atom stereocenters. The zero-order valence-corrected chi connectivity index (χ0v) is 10.7. The minimum atomic E-state index is 0.368. The average Bonchev–Trinajstić information content (AvgIpc) is 2.79. The van der Waals surface area contributed by atoms with Crippen LogP contribution in [0.25, 0.3) is 0 Å². The molecule has 1 aliphatic carbocycles. The van der Waals surface area contributed by atoms with Gasteiger partial charge in [0.05, 0.1) is 5.69 Å². The normalized spacial score (nSPS) is 27.6. The Morgan fingerprint density at radius 2 is 2.00 bits per heavy atom. The summed E-state index contributed by atoms with van der Waals surface area (Å²) in [5, 5.41) is 9.20. The second-order valence-corrected chi connectivity index (χ2v) is 5.60. The van der Waals surface area contributed by atoms with E-state index in [1.807, 2.05) is 0 Å². The van der Waals surface area contributed by atoms with Crippen LogP contribution in [0, 0.1) is 11.3 Å². The number of imidazole rings is 1. The summed E-state index contributed by atoms with van der Waals surface area (Å²) in [5.41, 5.74) is 7.81. The Bertz CT molecular complexity index is 475. The molecule has 2 heterocycles. The molecule has 0 amide bonds. The third-order valence-electron chi connectivity index (χ3n) is 4.39. The van der Waals surface area contributed by atoms with Crippen molar-refractivity contribution in [1.82, 2.24) is 9.55 Å². The number of nitriles is 1. The highest BCUT2D eigenvalue weighted by Gasteiger charge is 2.28. The van der Waals surface area contributed by atoms with E-state index in [1.54, 1.807) is 0 Å². The van der Waals surface area contributed by atoms with Crippen LogP contribution < -0.4 is 5.73 Å². The predicted molar refractivity (Wildman–Crippen MR) is 69.1 cm³/mol. The van der Waals surface area contributed by atoms with Gasteiger partial charge in [-0.05, 0) is 44.9 Å². The summed E-state index contributed by atoms with van der Waals surface area (Å²) in [6.45, 7) is 1.04. The fourth-order valence-electron chi connectivity index (χ4n) is 3.35. The lowest BCUT2D eigenvalue weighted by molar-refractivity contribution is 0.369. The Kier molecular flexibility index (Phi) is 3.09. The van der Waals surface area contributed by atoms with Crippen molar-refractivity contribution in [1.29, 1.82) is 5.26 Å². The van der Waals surface area contributed by atoms with Crippen molar-refractivity contribution in [2.75, 3.05) is 0 Å². The van der Waals surface area contributed by atoms with Crippen molar-refractivity contribution in [2.45, 2.75) is 63.5 Å². The van der Waals surface area contributed by atoms with E-state index in [2.05, 4.69) is 15.6 Å². The SMILES string of the molecule is N#Cc1nc(C2CCC(N)CC2)n2c1CCCC2. The van der Waals surface area contributed by atoms with Crippen molar-refractivity contribution in [3.05, 3.63) is 17.2 Å². The fraction of sp³-hybridized carbons (Fsp3) is 0.714. The Morgan fingerprint density at radius 3 is 2.72 bits per heavy atom. The van der Waals surface area contributed by atoms with Gasteiger partial charge in [-0.15, -0.1) is 0 Å². The van der Waals surface area contributed by atoms with Crippen molar-refractivity contribution in [3.8, 4) is 6.07 Å². The van der Waals surface area contributed by atoms with E-state index in [0.717, 1.165) is 44.5 Å². The fourth-order valence-corrected chi connectivity index (χ4v) is 3.35. The Labute approximate surface area is 108 Å². The zero-order valence-electron chi connectivity index (χ0n) is 10.7. The summed E-state index contributed by atoms with van der Waals surface area (Å²) in [6.07, 6.45) is 7.86. The number of nitrogens with zero attached hydrogens (tertiary/aromatic N) is 3. The topological polar surface area (TPSA) is 67.6 Å². The molecule has 1 fully saturated rings. The van der Waals surface area contributed by atoms with Crippen LogP contribution in [0.1, 0.15) is 61.7 Å². The molecule has 1 saturated carbocycles. The lowest BCUT2D eigenvalue weighted by atomic mass is 9.86. The molecular formula is C14H20N4. The van der Waals surface area contributed by atoms with Crippen LogP contribution >= 0.6 is 0 Å². The van der Waals surface area contributed by atoms with Gasteiger partial charge in [0.15, 0.2) is 5.69 Å². The average molecular weight is 244 g/mol. The number of hydrogen-bond acceptors (Lipinski definition) is 3. The molecule has 96 valence electrons. The first kappa shape index (κ1) is 11.7. The van der Waals surface area contributed by atoms with Crippen molar-refractivity contribution in [2.24, 2.45) is 5.73 Å². The molecule has 0 spiro atoms. The molecule has 1 aromatic rings. The van der Waals surface area contributed by atoms with Crippen LogP contribution in [0.4, 0.5) is 0 Å². The highest BCUT2D eigenvalue weighted by Crippen LogP contribution is 2.34. The molecule has 4 heteroatoms. The number of fused-ring (bicyclic) bond motifs is 1. The van der Waals surface area contributed by atoms with Crippen LogP contribution in [0.2, 0.25) is 0 Å². The van der Waals surface area contributed by atoms with Gasteiger partial charge in [0, 0.05) is 18.5 Å². The Hall–Kier alpha value is -1.34. The molecule has 3 rings (SSSR count). The third-order valence-corrected chi connectivity index (χ3v) is 4.39. The van der Waals surface area contributed by atoms with Crippen molar-refractivity contribution in [3.63, 3.8) is 0 Å². The molecule has 1 aromatic heterocycles. The molecule has 0 bridgehead atoms. The summed E-state index contributed by atoms with van der Waals surface area (Å²) < 4.78 is 2.32. The van der Waals surface area contributed by atoms with E-state index < -0.39 is 0 Å². The molecule has 2 aliphatic rings. The van der Waals surface area contributed by atoms with Crippen LogP contribution in [0.3, 0.4) is 0 Å². The minimum Gasteiger partial charge on any atom is -0.330 e. The van der Waals surface area contributed by atoms with Gasteiger partial charge >= 0.3 is 0 Å². The highest BCUT2D eigenvalue weighted by molar-refractivity contribution is 5.31. The van der Waals surface area contributed by atoms with Crippen molar-refractivity contribution >= 4 is 0 Å². The van der Waals surface area contributed by atoms with Crippen molar-refractivity contribution < 1.29 is 0 Å². The van der Waals surface area contributed by atoms with Gasteiger partial charge in [0.25, 0.3) is 0 Å². The summed E-state index contributed by atoms with van der Waals surface area (Å²) in [4.78, 5) is 4.62. The lowest BCUT2D eigenvalue weighted by Gasteiger charge is -2.27. The summed E-state index contributed by atoms with van der Waals surface area (Å²) >= 11 is 0. The van der Waals surface area contributed by atoms with Gasteiger partial charge in [-0.25, -0.2) is 4.98 Å². The van der Waals surface area contributed by atoms with Gasteiger partial charge in [-0.3, -0.25) is 0 Å². The Balaban J connectivity index is 1.92. The second-order valence-electron chi connectivity index (χ2n) is 5.60. The number of hydrogen-bond donors (Lipinski definition) is 1. The largest absolute Gasteiger partial charge is 0.330 e. The maximum atomic E-state index is 9.20. The highest BCUT2D eigenvalue weighted by atomic mass is 15.1. The first-order chi connectivity index (χ1) is 8.79. The molecule has 2 N–H and O–H groups in total. The quantitative estimate of drug-likeness (QED) is 0.822. The van der Waals surface area contributed by atoms with E-state index in [0.29, 0.717) is 17.7 Å². The predicted octanol–water partition coefficient (Wildman–Crippen LogP) is 2.08. The molecule has 1 aliphatic heterocycles. The van der Waals surface area contributed by atoms with E-state index in [9.17, 15) is 5.26 Å². The third kappa shape index (κ3) is 1.93. The van der Waals surface area contributed by atoms with Gasteiger partial charge in [-0.1, -0.05) is 0 Å². The van der Waals surface area contributed by atoms with E-state index in [-0.39, 0.29) is 0 Å². The maximum Gasteiger partial charge on any atom is 0.161 e. The summed E-state index contributed by atoms with van der Waals surface area (Å²) in [6, 6.07) is 2.63. The summed E-state index contributed by atoms with van der Waals surface area (Å²) in [7, 11) is 0. The second kappa shape index (κ2) is 4.74. The standard InChI is InChI=1S/C14H20N4/c15-9-12-13-3-1-2-8-18(13)14(17-12)10-4-6-11(16)7-5-10/h10-11H,1-8,16H2. The number of aromatic nitrogens is 2. The zero-order chi connectivity index (χ0) is 12.5. The van der Waals surface area contributed by atoms with Gasteiger partial charge in [0.2, 0.25) is 0 Å². The molecule has 0 unspecified atom stereocenters. The van der Waals surface area contributed by atoms with Crippen LogP contribution in [-0.2, 0) is 13.0 Å². The van der Waals surface area contributed by atoms with Crippen LogP contribution in [0.15, 0.2) is 0 Å². The van der Waals surface area contributed by atoms with Crippen LogP contribution in [-0.4, -0.2) is 15.6 Å². The number of rotatable bonds is 1. The number of nitrogens with two attached hydrogens (primary N) is 1. The van der Waals surface area contributed by atoms with Gasteiger partial charge in [0.1, 0.15) is 11.9 Å². The van der Waals surface area contributed by atoms with E-state index >= 15 is 0 Å². The maximum absolute atomic E-state index is 9.20. The monoisotopic (exact) mass is 244 g/mol. The first-order valence-corrected chi connectivity index (χ1v) is 7.04. The molecule has 4 nitrogen and oxygen atoms in total. The molecule has 18 heavy (non-hydrogen) atoms. The molecular weight excluding hydrogens is 224 g/mol. The van der Waals surface area contributed by atoms with E-state index in [1.165, 1.54) is 18.5 Å².